The van der Waals surface area contributed by atoms with E-state index >= 15 is 0 Å². The lowest BCUT2D eigenvalue weighted by Gasteiger charge is -2.34. The molecule has 2 aliphatic rings. The number of halogens is 1. The van der Waals surface area contributed by atoms with Gasteiger partial charge in [0.1, 0.15) is 0 Å². The maximum atomic E-state index is 13.3. The largest absolute Gasteiger partial charge is 0.340 e. The topological polar surface area (TPSA) is 69.7 Å². The summed E-state index contributed by atoms with van der Waals surface area (Å²) in [5.41, 5.74) is 0. The number of carbonyl (C=O) groups is 1. The average Bonchev–Trinajstić information content (AvgIpc) is 2.69. The molecule has 27 heavy (non-hydrogen) atoms. The highest BCUT2D eigenvalue weighted by atomic mass is 79.9. The normalized spacial score (nSPS) is 19.4. The second-order valence-electron chi connectivity index (χ2n) is 7.24. The molecule has 1 saturated carbocycles. The number of piperazine rings is 1. The smallest absolute Gasteiger partial charge is 0.243 e. The van der Waals surface area contributed by atoms with Gasteiger partial charge in [-0.2, -0.15) is 4.31 Å². The summed E-state index contributed by atoms with van der Waals surface area (Å²) < 4.78 is 29.1. The number of hydrogen-bond donors (Lipinski definition) is 1. The van der Waals surface area contributed by atoms with Crippen LogP contribution in [0.2, 0.25) is 0 Å². The summed E-state index contributed by atoms with van der Waals surface area (Å²) in [4.78, 5) is 14.7. The van der Waals surface area contributed by atoms with E-state index in [2.05, 4.69) is 21.2 Å². The fourth-order valence-corrected chi connectivity index (χ4v) is 5.84. The molecule has 0 bridgehead atoms. The van der Waals surface area contributed by atoms with Crippen LogP contribution < -0.4 is 5.32 Å². The van der Waals surface area contributed by atoms with Crippen LogP contribution >= 0.6 is 15.9 Å². The van der Waals surface area contributed by atoms with Gasteiger partial charge >= 0.3 is 0 Å². The lowest BCUT2D eigenvalue weighted by molar-refractivity contribution is -0.131. The van der Waals surface area contributed by atoms with E-state index in [1.54, 1.807) is 28.6 Å². The first kappa shape index (κ1) is 20.8. The Kier molecular flexibility index (Phi) is 7.30. The Balaban J connectivity index is 1.75. The molecule has 1 amide bonds. The standard InChI is InChI=1S/C19H28BrN3O3S/c20-16-6-8-18(9-7-16)27(25,26)23(17-4-2-1-3-5-17)13-10-19(24)22-14-11-21-12-15-22/h6-9,17,21H,1-5,10-15H2. The minimum atomic E-state index is -3.61. The molecule has 1 saturated heterocycles. The molecule has 0 spiro atoms. The van der Waals surface area contributed by atoms with E-state index in [4.69, 9.17) is 0 Å². The first-order valence-corrected chi connectivity index (χ1v) is 12.0. The second-order valence-corrected chi connectivity index (χ2v) is 10.0. The fraction of sp³-hybridized carbons (Fsp3) is 0.632. The first-order chi connectivity index (χ1) is 13.0. The van der Waals surface area contributed by atoms with Gasteiger partial charge < -0.3 is 10.2 Å². The average molecular weight is 458 g/mol. The number of hydrogen-bond acceptors (Lipinski definition) is 4. The lowest BCUT2D eigenvalue weighted by Crippen LogP contribution is -2.48. The molecule has 0 atom stereocenters. The van der Waals surface area contributed by atoms with Crippen LogP contribution in [0.25, 0.3) is 0 Å². The van der Waals surface area contributed by atoms with E-state index in [-0.39, 0.29) is 24.9 Å². The van der Waals surface area contributed by atoms with Crippen LogP contribution in [0.5, 0.6) is 0 Å². The van der Waals surface area contributed by atoms with Crippen molar-refractivity contribution in [1.29, 1.82) is 0 Å². The molecular formula is C19H28BrN3O3S. The van der Waals surface area contributed by atoms with E-state index in [9.17, 15) is 13.2 Å². The molecule has 2 fully saturated rings. The Morgan fingerprint density at radius 2 is 1.74 bits per heavy atom. The van der Waals surface area contributed by atoms with Crippen LogP contribution in [0.3, 0.4) is 0 Å². The zero-order valence-electron chi connectivity index (χ0n) is 15.6. The van der Waals surface area contributed by atoms with E-state index < -0.39 is 10.0 Å². The van der Waals surface area contributed by atoms with Crippen LogP contribution in [-0.4, -0.2) is 62.3 Å². The van der Waals surface area contributed by atoms with Gasteiger partial charge in [-0.05, 0) is 37.1 Å². The van der Waals surface area contributed by atoms with Crippen LogP contribution in [0, 0.1) is 0 Å². The van der Waals surface area contributed by atoms with Crippen molar-refractivity contribution in [3.05, 3.63) is 28.7 Å². The molecule has 3 rings (SSSR count). The van der Waals surface area contributed by atoms with Crippen molar-refractivity contribution in [2.75, 3.05) is 32.7 Å². The molecule has 150 valence electrons. The van der Waals surface area contributed by atoms with Gasteiger partial charge in [0.25, 0.3) is 0 Å². The Morgan fingerprint density at radius 1 is 1.11 bits per heavy atom. The Labute approximate surface area is 170 Å². The van der Waals surface area contributed by atoms with E-state index in [1.807, 2.05) is 4.90 Å². The second kappa shape index (κ2) is 9.49. The summed E-state index contributed by atoms with van der Waals surface area (Å²) in [7, 11) is -3.61. The number of amides is 1. The SMILES string of the molecule is O=C(CCN(C1CCCCC1)S(=O)(=O)c1ccc(Br)cc1)N1CCNCC1. The molecule has 1 heterocycles. The zero-order chi connectivity index (χ0) is 19.3. The summed E-state index contributed by atoms with van der Waals surface area (Å²) in [6, 6.07) is 6.75. The summed E-state index contributed by atoms with van der Waals surface area (Å²) in [6.45, 7) is 3.25. The summed E-state index contributed by atoms with van der Waals surface area (Å²) in [5, 5.41) is 3.23. The number of rotatable bonds is 6. The maximum absolute atomic E-state index is 13.3. The van der Waals surface area contributed by atoms with Gasteiger partial charge in [-0.25, -0.2) is 8.42 Å². The number of benzene rings is 1. The zero-order valence-corrected chi connectivity index (χ0v) is 18.0. The Hall–Kier alpha value is -0.960. The molecule has 1 aliphatic carbocycles. The van der Waals surface area contributed by atoms with Gasteiger partial charge in [0, 0.05) is 49.7 Å². The van der Waals surface area contributed by atoms with Gasteiger partial charge in [-0.1, -0.05) is 35.2 Å². The summed E-state index contributed by atoms with van der Waals surface area (Å²) >= 11 is 3.36. The minimum Gasteiger partial charge on any atom is -0.340 e. The lowest BCUT2D eigenvalue weighted by atomic mass is 9.95. The molecule has 0 aromatic heterocycles. The fourth-order valence-electron chi connectivity index (χ4n) is 3.89. The maximum Gasteiger partial charge on any atom is 0.243 e. The molecule has 1 aliphatic heterocycles. The Bertz CT molecular complexity index is 727. The quantitative estimate of drug-likeness (QED) is 0.712. The monoisotopic (exact) mass is 457 g/mol. The number of carbonyl (C=O) groups excluding carboxylic acids is 1. The summed E-state index contributed by atoms with van der Waals surface area (Å²) in [6.07, 6.45) is 5.23. The van der Waals surface area contributed by atoms with E-state index in [0.717, 1.165) is 49.7 Å². The molecule has 0 radical (unpaired) electrons. The molecule has 1 aromatic rings. The van der Waals surface area contributed by atoms with Crippen LogP contribution in [0.1, 0.15) is 38.5 Å². The third-order valence-corrected chi connectivity index (χ3v) is 7.91. The summed E-state index contributed by atoms with van der Waals surface area (Å²) in [5.74, 6) is 0.0447. The number of nitrogens with zero attached hydrogens (tertiary/aromatic N) is 2. The van der Waals surface area contributed by atoms with Crippen molar-refractivity contribution in [1.82, 2.24) is 14.5 Å². The highest BCUT2D eigenvalue weighted by Gasteiger charge is 2.33. The molecule has 1 aromatic carbocycles. The molecule has 0 unspecified atom stereocenters. The van der Waals surface area contributed by atoms with Crippen LogP contribution in [0.15, 0.2) is 33.6 Å². The molecule has 6 nitrogen and oxygen atoms in total. The van der Waals surface area contributed by atoms with Crippen molar-refractivity contribution in [3.8, 4) is 0 Å². The van der Waals surface area contributed by atoms with Crippen molar-refractivity contribution < 1.29 is 13.2 Å². The predicted molar refractivity (Wildman–Crippen MR) is 109 cm³/mol. The third-order valence-electron chi connectivity index (χ3n) is 5.42. The van der Waals surface area contributed by atoms with Gasteiger partial charge in [-0.3, -0.25) is 4.79 Å². The van der Waals surface area contributed by atoms with Gasteiger partial charge in [0.05, 0.1) is 4.90 Å². The van der Waals surface area contributed by atoms with E-state index in [1.165, 1.54) is 0 Å². The van der Waals surface area contributed by atoms with Crippen molar-refractivity contribution in [2.45, 2.75) is 49.5 Å². The third kappa shape index (κ3) is 5.31. The highest BCUT2D eigenvalue weighted by Crippen LogP contribution is 2.28. The first-order valence-electron chi connectivity index (χ1n) is 9.74. The molecular weight excluding hydrogens is 430 g/mol. The van der Waals surface area contributed by atoms with Gasteiger partial charge in [0.2, 0.25) is 15.9 Å². The van der Waals surface area contributed by atoms with Gasteiger partial charge in [-0.15, -0.1) is 0 Å². The van der Waals surface area contributed by atoms with Gasteiger partial charge in [0.15, 0.2) is 0 Å². The van der Waals surface area contributed by atoms with E-state index in [0.29, 0.717) is 18.0 Å². The van der Waals surface area contributed by atoms with Crippen LogP contribution in [0.4, 0.5) is 0 Å². The number of nitrogens with one attached hydrogen (secondary N) is 1. The molecule has 8 heteroatoms. The van der Waals surface area contributed by atoms with Crippen molar-refractivity contribution >= 4 is 31.9 Å². The highest BCUT2D eigenvalue weighted by molar-refractivity contribution is 9.10. The van der Waals surface area contributed by atoms with Crippen molar-refractivity contribution in [2.24, 2.45) is 0 Å². The number of sulfonamides is 1. The molecule has 1 N–H and O–H groups in total. The Morgan fingerprint density at radius 3 is 2.37 bits per heavy atom. The predicted octanol–water partition coefficient (Wildman–Crippen LogP) is 2.59. The van der Waals surface area contributed by atoms with Crippen molar-refractivity contribution in [3.63, 3.8) is 0 Å². The minimum absolute atomic E-state index is 0.0109. The van der Waals surface area contributed by atoms with Crippen LogP contribution in [-0.2, 0) is 14.8 Å².